The highest BCUT2D eigenvalue weighted by Crippen LogP contribution is 2.39. The number of carboxylic acids is 1. The fourth-order valence-electron chi connectivity index (χ4n) is 3.15. The second-order valence-corrected chi connectivity index (χ2v) is 6.67. The SMILES string of the molecule is O=C1CC[C@H](Cc2cc(O)c(O[C@@H]3O[C@H](C(=O)O)[C@@H](O)[C@H](O)[C@H]3O)c(O)c2)O1. The van der Waals surface area contributed by atoms with Gasteiger partial charge in [0, 0.05) is 12.8 Å². The number of phenolic OH excluding ortho intramolecular Hbond substituents is 2. The van der Waals surface area contributed by atoms with Gasteiger partial charge in [-0.2, -0.15) is 0 Å². The number of aromatic hydroxyl groups is 2. The molecule has 154 valence electrons. The van der Waals surface area contributed by atoms with E-state index >= 15 is 0 Å². The van der Waals surface area contributed by atoms with Crippen LogP contribution < -0.4 is 4.74 Å². The average molecular weight is 400 g/mol. The third kappa shape index (κ3) is 3.97. The molecule has 0 amide bonds. The molecule has 0 saturated carbocycles. The number of carboxylic acid groups (broad SMARTS) is 1. The first-order chi connectivity index (χ1) is 13.2. The maximum absolute atomic E-state index is 11.1. The first kappa shape index (κ1) is 20.1. The van der Waals surface area contributed by atoms with Crippen molar-refractivity contribution < 1.29 is 54.4 Å². The van der Waals surface area contributed by atoms with E-state index in [1.807, 2.05) is 0 Å². The molecule has 3 rings (SSSR count). The molecule has 11 nitrogen and oxygen atoms in total. The number of aliphatic carboxylic acids is 1. The van der Waals surface area contributed by atoms with Crippen LogP contribution in [0.2, 0.25) is 0 Å². The first-order valence-electron chi connectivity index (χ1n) is 8.51. The predicted octanol–water partition coefficient (Wildman–Crippen LogP) is -1.38. The topological polar surface area (TPSA) is 183 Å². The van der Waals surface area contributed by atoms with Gasteiger partial charge in [0.15, 0.2) is 17.6 Å². The van der Waals surface area contributed by atoms with Gasteiger partial charge in [-0.05, 0) is 24.1 Å². The summed E-state index contributed by atoms with van der Waals surface area (Å²) in [6.45, 7) is 0. The monoisotopic (exact) mass is 400 g/mol. The Hall–Kier alpha value is -2.60. The van der Waals surface area contributed by atoms with Crippen LogP contribution in [0.15, 0.2) is 12.1 Å². The summed E-state index contributed by atoms with van der Waals surface area (Å²) in [4.78, 5) is 22.3. The zero-order chi connectivity index (χ0) is 20.6. The van der Waals surface area contributed by atoms with Crippen molar-refractivity contribution in [2.45, 2.75) is 56.1 Å². The number of carbonyl (C=O) groups excluding carboxylic acids is 1. The van der Waals surface area contributed by atoms with Crippen LogP contribution in [0, 0.1) is 0 Å². The van der Waals surface area contributed by atoms with Gasteiger partial charge in [-0.15, -0.1) is 0 Å². The lowest BCUT2D eigenvalue weighted by Crippen LogP contribution is -2.61. The van der Waals surface area contributed by atoms with E-state index < -0.39 is 53.9 Å². The maximum atomic E-state index is 11.1. The Labute approximate surface area is 158 Å². The van der Waals surface area contributed by atoms with Gasteiger partial charge < -0.3 is 44.8 Å². The molecule has 6 N–H and O–H groups in total. The minimum Gasteiger partial charge on any atom is -0.504 e. The minimum atomic E-state index is -1.90. The summed E-state index contributed by atoms with van der Waals surface area (Å²) in [6, 6.07) is 2.49. The molecule has 0 bridgehead atoms. The molecule has 1 aromatic rings. The van der Waals surface area contributed by atoms with Crippen molar-refractivity contribution in [3.05, 3.63) is 17.7 Å². The van der Waals surface area contributed by atoms with Crippen LogP contribution in [0.4, 0.5) is 0 Å². The summed E-state index contributed by atoms with van der Waals surface area (Å²) in [5, 5.41) is 58.7. The molecule has 1 aromatic carbocycles. The van der Waals surface area contributed by atoms with E-state index in [2.05, 4.69) is 0 Å². The van der Waals surface area contributed by atoms with Crippen LogP contribution in [0.1, 0.15) is 18.4 Å². The van der Waals surface area contributed by atoms with Gasteiger partial charge >= 0.3 is 11.9 Å². The van der Waals surface area contributed by atoms with Gasteiger partial charge in [0.2, 0.25) is 12.0 Å². The number of aliphatic hydroxyl groups excluding tert-OH is 3. The Bertz CT molecular complexity index is 740. The largest absolute Gasteiger partial charge is 0.504 e. The van der Waals surface area contributed by atoms with Crippen LogP contribution in [-0.4, -0.2) is 79.4 Å². The molecule has 2 aliphatic heterocycles. The quantitative estimate of drug-likeness (QED) is 0.320. The van der Waals surface area contributed by atoms with E-state index in [9.17, 15) is 35.1 Å². The molecular weight excluding hydrogens is 380 g/mol. The molecule has 2 aliphatic rings. The lowest BCUT2D eigenvalue weighted by molar-refractivity contribution is -0.271. The minimum absolute atomic E-state index is 0.252. The molecule has 0 unspecified atom stereocenters. The van der Waals surface area contributed by atoms with E-state index in [0.717, 1.165) is 0 Å². The van der Waals surface area contributed by atoms with Crippen molar-refractivity contribution in [1.82, 2.24) is 0 Å². The van der Waals surface area contributed by atoms with Crippen molar-refractivity contribution in [1.29, 1.82) is 0 Å². The number of rotatable bonds is 5. The van der Waals surface area contributed by atoms with Crippen molar-refractivity contribution in [3.8, 4) is 17.2 Å². The highest BCUT2D eigenvalue weighted by molar-refractivity contribution is 5.73. The second kappa shape index (κ2) is 7.80. The van der Waals surface area contributed by atoms with Crippen LogP contribution >= 0.6 is 0 Å². The number of ether oxygens (including phenoxy) is 3. The Balaban J connectivity index is 1.76. The number of esters is 1. The average Bonchev–Trinajstić information content (AvgIpc) is 3.02. The van der Waals surface area contributed by atoms with E-state index in [-0.39, 0.29) is 18.5 Å². The van der Waals surface area contributed by atoms with Gasteiger partial charge in [-0.1, -0.05) is 0 Å². The lowest BCUT2D eigenvalue weighted by atomic mass is 9.99. The van der Waals surface area contributed by atoms with Crippen molar-refractivity contribution >= 4 is 11.9 Å². The normalized spacial score (nSPS) is 32.8. The molecule has 0 radical (unpaired) electrons. The van der Waals surface area contributed by atoms with Crippen molar-refractivity contribution in [2.75, 3.05) is 0 Å². The van der Waals surface area contributed by atoms with Crippen LogP contribution in [-0.2, 0) is 25.5 Å². The highest BCUT2D eigenvalue weighted by Gasteiger charge is 2.48. The fraction of sp³-hybridized carbons (Fsp3) is 0.529. The zero-order valence-corrected chi connectivity index (χ0v) is 14.5. The first-order valence-corrected chi connectivity index (χ1v) is 8.51. The van der Waals surface area contributed by atoms with E-state index in [1.165, 1.54) is 12.1 Å². The number of aliphatic hydroxyl groups is 3. The van der Waals surface area contributed by atoms with Gasteiger partial charge in [0.25, 0.3) is 0 Å². The number of hydrogen-bond acceptors (Lipinski definition) is 10. The fourth-order valence-corrected chi connectivity index (χ4v) is 3.15. The number of benzene rings is 1. The summed E-state index contributed by atoms with van der Waals surface area (Å²) in [5.41, 5.74) is 0.450. The Morgan fingerprint density at radius 1 is 1.11 bits per heavy atom. The molecule has 2 saturated heterocycles. The van der Waals surface area contributed by atoms with Gasteiger partial charge in [-0.25, -0.2) is 4.79 Å². The number of hydrogen-bond donors (Lipinski definition) is 6. The lowest BCUT2D eigenvalue weighted by Gasteiger charge is -2.38. The molecule has 2 heterocycles. The molecule has 2 fully saturated rings. The van der Waals surface area contributed by atoms with Crippen LogP contribution in [0.3, 0.4) is 0 Å². The smallest absolute Gasteiger partial charge is 0.335 e. The summed E-state index contributed by atoms with van der Waals surface area (Å²) in [7, 11) is 0. The standard InChI is InChI=1S/C17H20O11/c18-8-4-6(3-7-1-2-10(20)26-7)5-9(19)14(8)27-17-13(23)11(21)12(22)15(28-17)16(24)25/h4-5,7,11-13,15,17-19,21-23H,1-3H2,(H,24,25)/t7-,11+,12+,13-,15+,17-/m1/s1. The summed E-state index contributed by atoms with van der Waals surface area (Å²) in [5.74, 6) is -3.51. The highest BCUT2D eigenvalue weighted by atomic mass is 16.7. The van der Waals surface area contributed by atoms with Gasteiger partial charge in [0.1, 0.15) is 24.4 Å². The summed E-state index contributed by atoms with van der Waals surface area (Å²) < 4.78 is 15.2. The zero-order valence-electron chi connectivity index (χ0n) is 14.5. The number of phenols is 2. The van der Waals surface area contributed by atoms with Crippen molar-refractivity contribution in [2.24, 2.45) is 0 Å². The third-order valence-electron chi connectivity index (χ3n) is 4.59. The number of cyclic esters (lactones) is 1. The van der Waals surface area contributed by atoms with E-state index in [4.69, 9.17) is 19.3 Å². The van der Waals surface area contributed by atoms with Crippen LogP contribution in [0.5, 0.6) is 17.2 Å². The summed E-state index contributed by atoms with van der Waals surface area (Å²) >= 11 is 0. The molecule has 11 heteroatoms. The van der Waals surface area contributed by atoms with Crippen LogP contribution in [0.25, 0.3) is 0 Å². The van der Waals surface area contributed by atoms with Gasteiger partial charge in [0.05, 0.1) is 0 Å². The molecule has 0 aliphatic carbocycles. The Kier molecular flexibility index (Phi) is 5.61. The third-order valence-corrected chi connectivity index (χ3v) is 4.59. The van der Waals surface area contributed by atoms with Crippen molar-refractivity contribution in [3.63, 3.8) is 0 Å². The second-order valence-electron chi connectivity index (χ2n) is 6.67. The molecule has 0 aromatic heterocycles. The Morgan fingerprint density at radius 2 is 1.75 bits per heavy atom. The molecular formula is C17H20O11. The Morgan fingerprint density at radius 3 is 2.29 bits per heavy atom. The molecule has 28 heavy (non-hydrogen) atoms. The molecule has 6 atom stereocenters. The van der Waals surface area contributed by atoms with E-state index in [0.29, 0.717) is 18.4 Å². The number of carbonyl (C=O) groups is 2. The molecule has 0 spiro atoms. The predicted molar refractivity (Wildman–Crippen MR) is 87.5 cm³/mol. The summed E-state index contributed by atoms with van der Waals surface area (Å²) in [6.07, 6.45) is -8.62. The maximum Gasteiger partial charge on any atom is 0.335 e. The van der Waals surface area contributed by atoms with E-state index in [1.54, 1.807) is 0 Å². The van der Waals surface area contributed by atoms with Gasteiger partial charge in [-0.3, -0.25) is 4.79 Å².